The highest BCUT2D eigenvalue weighted by Crippen LogP contribution is 2.10. The lowest BCUT2D eigenvalue weighted by Crippen LogP contribution is -2.13. The average molecular weight is 224 g/mol. The Morgan fingerprint density at radius 3 is 2.56 bits per heavy atom. The van der Waals surface area contributed by atoms with Crippen molar-refractivity contribution in [2.45, 2.75) is 58.5 Å². The van der Waals surface area contributed by atoms with Crippen LogP contribution in [0, 0.1) is 0 Å². The van der Waals surface area contributed by atoms with Gasteiger partial charge >= 0.3 is 5.97 Å². The van der Waals surface area contributed by atoms with Gasteiger partial charge in [0, 0.05) is 6.08 Å². The van der Waals surface area contributed by atoms with Gasteiger partial charge in [-0.2, -0.15) is 0 Å². The van der Waals surface area contributed by atoms with Crippen LogP contribution in [0.4, 0.5) is 0 Å². The number of unbranched alkanes of at least 4 members (excludes halogenated alkanes) is 4. The fourth-order valence-corrected chi connectivity index (χ4v) is 1.50. The van der Waals surface area contributed by atoms with Gasteiger partial charge in [0.05, 0.1) is 0 Å². The van der Waals surface area contributed by atoms with E-state index in [0.29, 0.717) is 0 Å². The number of allylic oxidation sites excluding steroid dienone is 1. The minimum Gasteiger partial charge on any atom is -0.455 e. The molecule has 0 amide bonds. The van der Waals surface area contributed by atoms with Crippen LogP contribution < -0.4 is 0 Å². The van der Waals surface area contributed by atoms with Crippen molar-refractivity contribution in [3.63, 3.8) is 0 Å². The van der Waals surface area contributed by atoms with Gasteiger partial charge < -0.3 is 4.74 Å². The fraction of sp³-hybridized carbons (Fsp3) is 0.643. The summed E-state index contributed by atoms with van der Waals surface area (Å²) in [5, 5.41) is 0. The zero-order valence-corrected chi connectivity index (χ0v) is 10.6. The van der Waals surface area contributed by atoms with Crippen molar-refractivity contribution in [2.24, 2.45) is 0 Å². The molecule has 0 N–H and O–H groups in total. The van der Waals surface area contributed by atoms with E-state index in [2.05, 4.69) is 13.5 Å². The first-order valence-corrected chi connectivity index (χ1v) is 6.20. The van der Waals surface area contributed by atoms with Gasteiger partial charge in [-0.05, 0) is 19.8 Å². The normalized spacial score (nSPS) is 12.6. The van der Waals surface area contributed by atoms with Crippen LogP contribution in [0.25, 0.3) is 0 Å². The summed E-state index contributed by atoms with van der Waals surface area (Å²) in [4.78, 5) is 11.2. The van der Waals surface area contributed by atoms with Gasteiger partial charge in [-0.1, -0.05) is 51.3 Å². The molecule has 2 heteroatoms. The first kappa shape index (κ1) is 14.9. The monoisotopic (exact) mass is 224 g/mol. The second-order valence-corrected chi connectivity index (χ2v) is 3.91. The maximum Gasteiger partial charge on any atom is 0.330 e. The Morgan fingerprint density at radius 2 is 2.00 bits per heavy atom. The van der Waals surface area contributed by atoms with Crippen LogP contribution in [0.1, 0.15) is 52.4 Å². The third-order valence-electron chi connectivity index (χ3n) is 2.43. The van der Waals surface area contributed by atoms with Gasteiger partial charge in [-0.25, -0.2) is 4.79 Å². The van der Waals surface area contributed by atoms with E-state index < -0.39 is 0 Å². The van der Waals surface area contributed by atoms with Crippen molar-refractivity contribution in [3.05, 3.63) is 24.8 Å². The van der Waals surface area contributed by atoms with Gasteiger partial charge in [0.1, 0.15) is 6.10 Å². The first-order valence-electron chi connectivity index (χ1n) is 6.20. The van der Waals surface area contributed by atoms with Gasteiger partial charge in [-0.15, -0.1) is 0 Å². The Bertz CT molecular complexity index is 219. The Balaban J connectivity index is 3.66. The lowest BCUT2D eigenvalue weighted by atomic mass is 10.1. The van der Waals surface area contributed by atoms with Crippen molar-refractivity contribution >= 4 is 5.97 Å². The summed E-state index contributed by atoms with van der Waals surface area (Å²) in [6, 6.07) is 0. The van der Waals surface area contributed by atoms with E-state index in [4.69, 9.17) is 4.74 Å². The highest BCUT2D eigenvalue weighted by atomic mass is 16.5. The first-order chi connectivity index (χ1) is 7.74. The van der Waals surface area contributed by atoms with Crippen molar-refractivity contribution in [1.82, 2.24) is 0 Å². The van der Waals surface area contributed by atoms with Crippen LogP contribution in [0.2, 0.25) is 0 Å². The molecular formula is C14H24O2. The van der Waals surface area contributed by atoms with Gasteiger partial charge in [0.15, 0.2) is 0 Å². The summed E-state index contributed by atoms with van der Waals surface area (Å²) in [5.74, 6) is -0.277. The van der Waals surface area contributed by atoms with E-state index in [1.807, 2.05) is 0 Å². The highest BCUT2D eigenvalue weighted by molar-refractivity contribution is 5.82. The van der Waals surface area contributed by atoms with Crippen molar-refractivity contribution in [3.8, 4) is 0 Å². The third kappa shape index (κ3) is 8.27. The van der Waals surface area contributed by atoms with Crippen LogP contribution in [-0.4, -0.2) is 12.1 Å². The predicted molar refractivity (Wildman–Crippen MR) is 68.3 cm³/mol. The summed E-state index contributed by atoms with van der Waals surface area (Å²) >= 11 is 0. The zero-order valence-electron chi connectivity index (χ0n) is 10.6. The molecule has 92 valence electrons. The van der Waals surface area contributed by atoms with E-state index in [1.165, 1.54) is 31.8 Å². The molecule has 0 aliphatic rings. The second kappa shape index (κ2) is 10.5. The summed E-state index contributed by atoms with van der Waals surface area (Å²) in [6.45, 7) is 7.69. The molecule has 0 heterocycles. The molecule has 0 aromatic carbocycles. The maximum atomic E-state index is 11.2. The van der Waals surface area contributed by atoms with Gasteiger partial charge in [0.2, 0.25) is 0 Å². The van der Waals surface area contributed by atoms with Crippen molar-refractivity contribution in [1.29, 1.82) is 0 Å². The van der Waals surface area contributed by atoms with Crippen LogP contribution in [0.5, 0.6) is 0 Å². The molecule has 0 bridgehead atoms. The van der Waals surface area contributed by atoms with Crippen molar-refractivity contribution in [2.75, 3.05) is 0 Å². The van der Waals surface area contributed by atoms with Crippen LogP contribution in [-0.2, 0) is 9.53 Å². The number of hydrogen-bond acceptors (Lipinski definition) is 2. The second-order valence-electron chi connectivity index (χ2n) is 3.91. The summed E-state index contributed by atoms with van der Waals surface area (Å²) in [6.07, 6.45) is 11.7. The minimum absolute atomic E-state index is 0.134. The Kier molecular flexibility index (Phi) is 9.78. The zero-order chi connectivity index (χ0) is 12.2. The lowest BCUT2D eigenvalue weighted by Gasteiger charge is -2.12. The van der Waals surface area contributed by atoms with Gasteiger partial charge in [-0.3, -0.25) is 0 Å². The molecule has 0 saturated heterocycles. The Morgan fingerprint density at radius 1 is 1.31 bits per heavy atom. The quantitative estimate of drug-likeness (QED) is 0.256. The van der Waals surface area contributed by atoms with E-state index in [1.54, 1.807) is 19.1 Å². The standard InChI is InChI=1S/C14H24O2/c1-4-7-8-9-10-12-13(6-3)16-14(15)11-5-2/h5-6,11,13H,3-4,7-10,12H2,1-2H3/b11-5+/t13-/m1/s1. The molecule has 16 heavy (non-hydrogen) atoms. The minimum atomic E-state index is -0.277. The Labute approximate surface area is 99.4 Å². The van der Waals surface area contributed by atoms with E-state index in [0.717, 1.165) is 12.8 Å². The summed E-state index contributed by atoms with van der Waals surface area (Å²) in [7, 11) is 0. The SMILES string of the molecule is C=C[C@H](CCCCCCC)OC(=O)/C=C/C. The van der Waals surface area contributed by atoms with Crippen LogP contribution in [0.15, 0.2) is 24.8 Å². The molecule has 0 saturated carbocycles. The van der Waals surface area contributed by atoms with Crippen molar-refractivity contribution < 1.29 is 9.53 Å². The van der Waals surface area contributed by atoms with E-state index in [-0.39, 0.29) is 12.1 Å². The maximum absolute atomic E-state index is 11.2. The number of hydrogen-bond donors (Lipinski definition) is 0. The molecule has 2 nitrogen and oxygen atoms in total. The molecule has 0 aliphatic carbocycles. The van der Waals surface area contributed by atoms with Crippen LogP contribution >= 0.6 is 0 Å². The number of carbonyl (C=O) groups is 1. The van der Waals surface area contributed by atoms with Crippen LogP contribution in [0.3, 0.4) is 0 Å². The lowest BCUT2D eigenvalue weighted by molar-refractivity contribution is -0.141. The fourth-order valence-electron chi connectivity index (χ4n) is 1.50. The van der Waals surface area contributed by atoms with E-state index >= 15 is 0 Å². The third-order valence-corrected chi connectivity index (χ3v) is 2.43. The van der Waals surface area contributed by atoms with Gasteiger partial charge in [0.25, 0.3) is 0 Å². The summed E-state index contributed by atoms with van der Waals surface area (Å²) < 4.78 is 5.20. The number of carbonyl (C=O) groups excluding carboxylic acids is 1. The number of rotatable bonds is 9. The molecule has 0 fully saturated rings. The molecule has 0 radical (unpaired) electrons. The highest BCUT2D eigenvalue weighted by Gasteiger charge is 2.07. The molecule has 0 spiro atoms. The predicted octanol–water partition coefficient (Wildman–Crippen LogP) is 4.02. The molecule has 0 aliphatic heterocycles. The molecule has 0 unspecified atom stereocenters. The topological polar surface area (TPSA) is 26.3 Å². The molecule has 1 atom stereocenters. The largest absolute Gasteiger partial charge is 0.455 e. The number of ether oxygens (including phenoxy) is 1. The average Bonchev–Trinajstić information content (AvgIpc) is 2.27. The molecule has 0 aromatic rings. The molecular weight excluding hydrogens is 200 g/mol. The molecule has 0 aromatic heterocycles. The molecule has 0 rings (SSSR count). The Hall–Kier alpha value is -1.05. The van der Waals surface area contributed by atoms with E-state index in [9.17, 15) is 4.79 Å². The smallest absolute Gasteiger partial charge is 0.330 e. The summed E-state index contributed by atoms with van der Waals surface area (Å²) in [5.41, 5.74) is 0. The number of esters is 1.